The summed E-state index contributed by atoms with van der Waals surface area (Å²) in [5.74, 6) is 0. The summed E-state index contributed by atoms with van der Waals surface area (Å²) in [4.78, 5) is 16.2. The molecule has 0 saturated carbocycles. The summed E-state index contributed by atoms with van der Waals surface area (Å²) in [5, 5.41) is 0. The third-order valence-corrected chi connectivity index (χ3v) is 0. The number of rotatable bonds is 0. The van der Waals surface area contributed by atoms with Gasteiger partial charge in [0.25, 0.3) is 0 Å². The van der Waals surface area contributed by atoms with Gasteiger partial charge in [-0.05, 0) is 0 Å². The predicted octanol–water partition coefficient (Wildman–Crippen LogP) is 0.0622. The van der Waals surface area contributed by atoms with Crippen molar-refractivity contribution in [1.29, 1.82) is 0 Å². The molecule has 4 heteroatoms. The Morgan fingerprint density at radius 1 is 1.40 bits per heavy atom. The molecule has 0 aromatic rings. The first-order valence-electron chi connectivity index (χ1n) is 0.697. The molecule has 0 aliphatic heterocycles. The Morgan fingerprint density at radius 2 is 1.40 bits per heavy atom. The average molecular weight is 141 g/mol. The molecule has 0 aliphatic rings. The Balaban J connectivity index is 0. The van der Waals surface area contributed by atoms with Gasteiger partial charge in [-0.15, -0.1) is 0 Å². The van der Waals surface area contributed by atoms with Crippen molar-refractivity contribution in [1.82, 2.24) is 0 Å². The molecule has 0 heterocycles. The molecule has 0 aliphatic carbocycles. The topological polar surface area (TPSA) is 34.1 Å². The van der Waals surface area contributed by atoms with E-state index < -0.39 is 0 Å². The number of hydrogen-bond acceptors (Lipinski definition) is 3. The van der Waals surface area contributed by atoms with Crippen molar-refractivity contribution < 1.29 is 26.1 Å². The molecule has 2 nitrogen and oxygen atoms in total. The van der Waals surface area contributed by atoms with Crippen LogP contribution in [0.15, 0.2) is 0 Å². The Kier molecular flexibility index (Phi) is 52.6. The average Bonchev–Trinajstić information content (AvgIpc) is 1.46. The van der Waals surface area contributed by atoms with Gasteiger partial charge in [-0.2, -0.15) is 9.59 Å². The van der Waals surface area contributed by atoms with Crippen LogP contribution in [0.5, 0.6) is 0 Å². The van der Waals surface area contributed by atoms with Crippen LogP contribution in [0.4, 0.5) is 0 Å². The zero-order valence-corrected chi connectivity index (χ0v) is 6.22. The van der Waals surface area contributed by atoms with Crippen molar-refractivity contribution in [3.63, 3.8) is 0 Å². The van der Waals surface area contributed by atoms with E-state index in [1.54, 1.807) is 0 Å². The van der Waals surface area contributed by atoms with Gasteiger partial charge in [0.1, 0.15) is 0 Å². The molecule has 0 spiro atoms. The van der Waals surface area contributed by atoms with E-state index in [1.807, 2.05) is 0 Å². The van der Waals surface area contributed by atoms with Crippen molar-refractivity contribution in [2.75, 3.05) is 0 Å². The first-order chi connectivity index (χ1) is 2.41. The van der Waals surface area contributed by atoms with Gasteiger partial charge in [-0.1, -0.05) is 0 Å². The zero-order valence-electron chi connectivity index (χ0n) is 2.43. The SMILES string of the molecule is O=C=O.[S]=[Zn]. The van der Waals surface area contributed by atoms with Gasteiger partial charge >= 0.3 is 32.8 Å². The second-order valence-electron chi connectivity index (χ2n) is 0.0833. The monoisotopic (exact) mass is 140 g/mol. The van der Waals surface area contributed by atoms with Gasteiger partial charge in [0.05, 0.1) is 0 Å². The summed E-state index contributed by atoms with van der Waals surface area (Å²) in [6, 6.07) is 0. The van der Waals surface area contributed by atoms with E-state index in [9.17, 15) is 0 Å². The Hall–Kier alpha value is 0.223. The van der Waals surface area contributed by atoms with E-state index in [0.29, 0.717) is 0 Å². The van der Waals surface area contributed by atoms with Crippen LogP contribution in [0, 0.1) is 0 Å². The van der Waals surface area contributed by atoms with Gasteiger partial charge in [0.15, 0.2) is 0 Å². The summed E-state index contributed by atoms with van der Waals surface area (Å²) >= 11 is 0.958. The third kappa shape index (κ3) is 418. The van der Waals surface area contributed by atoms with Crippen molar-refractivity contribution >= 4 is 16.3 Å². The maximum atomic E-state index is 8.12. The fraction of sp³-hybridized carbons (Fsp3) is 0. The summed E-state index contributed by atoms with van der Waals surface area (Å²) in [6.07, 6.45) is 0.250. The zero-order chi connectivity index (χ0) is 4.71. The molecule has 24 valence electrons. The molecular formula is CO2SZn. The second kappa shape index (κ2) is 29.3. The van der Waals surface area contributed by atoms with Crippen LogP contribution in [-0.4, -0.2) is 6.15 Å². The first-order valence-corrected chi connectivity index (χ1v) is 4.91. The first kappa shape index (κ1) is 8.97. The fourth-order valence-corrected chi connectivity index (χ4v) is 0. The molecule has 0 rings (SSSR count). The second-order valence-corrected chi connectivity index (χ2v) is 0.0833. The van der Waals surface area contributed by atoms with E-state index in [2.05, 4.69) is 10.1 Å². The molecule has 0 atom stereocenters. The van der Waals surface area contributed by atoms with Gasteiger partial charge in [-0.25, -0.2) is 0 Å². The molecule has 0 bridgehead atoms. The molecule has 0 radical (unpaired) electrons. The van der Waals surface area contributed by atoms with Crippen molar-refractivity contribution in [2.24, 2.45) is 0 Å². The van der Waals surface area contributed by atoms with Crippen LogP contribution < -0.4 is 0 Å². The molecule has 0 fully saturated rings. The van der Waals surface area contributed by atoms with Gasteiger partial charge < -0.3 is 0 Å². The van der Waals surface area contributed by atoms with E-state index in [-0.39, 0.29) is 6.15 Å². The van der Waals surface area contributed by atoms with Crippen LogP contribution in [0.25, 0.3) is 0 Å². The van der Waals surface area contributed by atoms with E-state index in [4.69, 9.17) is 9.59 Å². The Bertz CT molecular complexity index is 38.9. The van der Waals surface area contributed by atoms with Gasteiger partial charge in [0, 0.05) is 0 Å². The molecule has 0 aromatic heterocycles. The van der Waals surface area contributed by atoms with E-state index in [0.717, 1.165) is 16.6 Å². The molecule has 0 aromatic carbocycles. The fourth-order valence-electron chi connectivity index (χ4n) is 0. The van der Waals surface area contributed by atoms with Crippen LogP contribution in [0.3, 0.4) is 0 Å². The number of hydrogen-bond donors (Lipinski definition) is 0. The molecule has 0 amide bonds. The Morgan fingerprint density at radius 3 is 1.40 bits per heavy atom. The third-order valence-electron chi connectivity index (χ3n) is 0. The van der Waals surface area contributed by atoms with Crippen LogP contribution >= 0.6 is 10.1 Å². The van der Waals surface area contributed by atoms with E-state index >= 15 is 0 Å². The van der Waals surface area contributed by atoms with Crippen LogP contribution in [0.2, 0.25) is 0 Å². The van der Waals surface area contributed by atoms with Crippen LogP contribution in [-0.2, 0) is 26.1 Å². The number of carbonyl (C=O) groups excluding carboxylic acids is 2. The summed E-state index contributed by atoms with van der Waals surface area (Å²) < 4.78 is 0. The standard InChI is InChI=1S/CO2.S.Zn/c2-1-3;;. The molecule has 0 saturated heterocycles. The predicted molar refractivity (Wildman–Crippen MR) is 12.6 cm³/mol. The minimum absolute atomic E-state index is 0.250. The maximum absolute atomic E-state index is 8.12. The van der Waals surface area contributed by atoms with Crippen molar-refractivity contribution in [3.8, 4) is 0 Å². The summed E-state index contributed by atoms with van der Waals surface area (Å²) in [6.45, 7) is 0. The summed E-state index contributed by atoms with van der Waals surface area (Å²) in [5.41, 5.74) is 0. The minimum atomic E-state index is 0.250. The van der Waals surface area contributed by atoms with Crippen LogP contribution in [0.1, 0.15) is 0 Å². The molecular weight excluding hydrogens is 141 g/mol. The van der Waals surface area contributed by atoms with Crippen molar-refractivity contribution in [2.45, 2.75) is 0 Å². The molecule has 0 unspecified atom stereocenters. The van der Waals surface area contributed by atoms with Gasteiger partial charge in [-0.3, -0.25) is 0 Å². The van der Waals surface area contributed by atoms with Crippen molar-refractivity contribution in [3.05, 3.63) is 0 Å². The summed E-state index contributed by atoms with van der Waals surface area (Å²) in [7, 11) is 4.21. The van der Waals surface area contributed by atoms with E-state index in [1.165, 1.54) is 0 Å². The normalized spacial score (nSPS) is 2.80. The molecule has 0 N–H and O–H groups in total. The van der Waals surface area contributed by atoms with Gasteiger partial charge in [0.2, 0.25) is 0 Å². The molecule has 5 heavy (non-hydrogen) atoms. The quantitative estimate of drug-likeness (QED) is 0.448. The Labute approximate surface area is 42.8 Å².